The van der Waals surface area contributed by atoms with E-state index in [9.17, 15) is 18.5 Å². The van der Waals surface area contributed by atoms with Crippen molar-refractivity contribution in [3.05, 3.63) is 78.0 Å². The lowest BCUT2D eigenvalue weighted by Crippen LogP contribution is -2.35. The zero-order chi connectivity index (χ0) is 24.8. The molecule has 1 amide bonds. The molecule has 0 saturated carbocycles. The molecule has 4 rings (SSSR count). The number of methoxy groups -OCH3 is 1. The number of anilines is 2. The standard InChI is InChI=1S/C25H25N5O4S/c1-34-23-8-3-2-7-22(23)28-35(32,33)21-11-9-19(10-12-21)25(31)30-15-5-14-29(16-17-30)24-20(18-26)6-4-13-27-24/h2-4,6-13,28H,5,14-17H2,1H3. The zero-order valence-electron chi connectivity index (χ0n) is 19.2. The third-order valence-corrected chi connectivity index (χ3v) is 7.13. The number of hydrogen-bond acceptors (Lipinski definition) is 7. The van der Waals surface area contributed by atoms with Crippen LogP contribution in [0.5, 0.6) is 5.75 Å². The van der Waals surface area contributed by atoms with Gasteiger partial charge in [0.1, 0.15) is 17.6 Å². The molecule has 9 nitrogen and oxygen atoms in total. The molecule has 2 aromatic carbocycles. The second kappa shape index (κ2) is 10.4. The fourth-order valence-electron chi connectivity index (χ4n) is 3.96. The number of para-hydroxylation sites is 2. The maximum atomic E-state index is 13.1. The Morgan fingerprint density at radius 3 is 2.54 bits per heavy atom. The molecular formula is C25H25N5O4S. The van der Waals surface area contributed by atoms with Gasteiger partial charge in [-0.25, -0.2) is 13.4 Å². The van der Waals surface area contributed by atoms with Crippen molar-refractivity contribution in [1.82, 2.24) is 9.88 Å². The SMILES string of the molecule is COc1ccccc1NS(=O)(=O)c1ccc(C(=O)N2CCCN(c3ncccc3C#N)CC2)cc1. The highest BCUT2D eigenvalue weighted by atomic mass is 32.2. The van der Waals surface area contributed by atoms with Gasteiger partial charge in [0.05, 0.1) is 23.3 Å². The lowest BCUT2D eigenvalue weighted by molar-refractivity contribution is 0.0767. The Morgan fingerprint density at radius 2 is 1.80 bits per heavy atom. The third kappa shape index (κ3) is 5.36. The van der Waals surface area contributed by atoms with Gasteiger partial charge in [-0.15, -0.1) is 0 Å². The number of nitrogens with zero attached hydrogens (tertiary/aromatic N) is 4. The number of carbonyl (C=O) groups is 1. The van der Waals surface area contributed by atoms with Crippen molar-refractivity contribution < 1.29 is 17.9 Å². The molecule has 1 fully saturated rings. The summed E-state index contributed by atoms with van der Waals surface area (Å²) in [4.78, 5) is 21.3. The minimum atomic E-state index is -3.86. The van der Waals surface area contributed by atoms with E-state index in [1.165, 1.54) is 31.4 Å². The van der Waals surface area contributed by atoms with E-state index in [2.05, 4.69) is 15.8 Å². The van der Waals surface area contributed by atoms with E-state index in [4.69, 9.17) is 4.74 Å². The number of pyridine rings is 1. The number of nitriles is 1. The van der Waals surface area contributed by atoms with Crippen molar-refractivity contribution in [3.8, 4) is 11.8 Å². The first-order valence-electron chi connectivity index (χ1n) is 11.1. The summed E-state index contributed by atoms with van der Waals surface area (Å²) < 4.78 is 33.4. The fourth-order valence-corrected chi connectivity index (χ4v) is 5.03. The van der Waals surface area contributed by atoms with Crippen LogP contribution >= 0.6 is 0 Å². The summed E-state index contributed by atoms with van der Waals surface area (Å²) >= 11 is 0. The summed E-state index contributed by atoms with van der Waals surface area (Å²) in [7, 11) is -2.39. The van der Waals surface area contributed by atoms with Gasteiger partial charge in [0.25, 0.3) is 15.9 Å². The van der Waals surface area contributed by atoms with Crippen LogP contribution in [0.25, 0.3) is 0 Å². The van der Waals surface area contributed by atoms with Crippen molar-refractivity contribution in [2.75, 3.05) is 42.9 Å². The summed E-state index contributed by atoms with van der Waals surface area (Å²) in [6.45, 7) is 2.25. The highest BCUT2D eigenvalue weighted by Gasteiger charge is 2.23. The number of nitrogens with one attached hydrogen (secondary N) is 1. The molecule has 0 spiro atoms. The molecular weight excluding hydrogens is 466 g/mol. The van der Waals surface area contributed by atoms with E-state index in [1.807, 2.05) is 4.90 Å². The Bertz CT molecular complexity index is 1350. The summed E-state index contributed by atoms with van der Waals surface area (Å²) in [6, 6.07) is 18.2. The Balaban J connectivity index is 1.45. The van der Waals surface area contributed by atoms with Crippen molar-refractivity contribution in [2.24, 2.45) is 0 Å². The smallest absolute Gasteiger partial charge is 0.262 e. The lowest BCUT2D eigenvalue weighted by atomic mass is 10.2. The average molecular weight is 492 g/mol. The number of rotatable bonds is 6. The van der Waals surface area contributed by atoms with Gasteiger partial charge in [-0.1, -0.05) is 12.1 Å². The molecule has 1 N–H and O–H groups in total. The number of hydrogen-bond donors (Lipinski definition) is 1. The summed E-state index contributed by atoms with van der Waals surface area (Å²) in [6.07, 6.45) is 2.38. The maximum Gasteiger partial charge on any atom is 0.262 e. The van der Waals surface area contributed by atoms with Crippen molar-refractivity contribution in [2.45, 2.75) is 11.3 Å². The van der Waals surface area contributed by atoms with Gasteiger partial charge in [0.15, 0.2) is 0 Å². The van der Waals surface area contributed by atoms with E-state index in [-0.39, 0.29) is 10.8 Å². The van der Waals surface area contributed by atoms with Crippen LogP contribution in [0.1, 0.15) is 22.3 Å². The third-order valence-electron chi connectivity index (χ3n) is 5.75. The molecule has 0 bridgehead atoms. The van der Waals surface area contributed by atoms with Crippen LogP contribution in [-0.4, -0.2) is 57.5 Å². The maximum absolute atomic E-state index is 13.1. The second-order valence-corrected chi connectivity index (χ2v) is 9.63. The molecule has 10 heteroatoms. The van der Waals surface area contributed by atoms with Gasteiger partial charge in [-0.2, -0.15) is 5.26 Å². The summed E-state index contributed by atoms with van der Waals surface area (Å²) in [5.41, 5.74) is 1.24. The lowest BCUT2D eigenvalue weighted by Gasteiger charge is -2.23. The molecule has 1 aliphatic rings. The fraction of sp³-hybridized carbons (Fsp3) is 0.240. The Morgan fingerprint density at radius 1 is 1.03 bits per heavy atom. The highest BCUT2D eigenvalue weighted by Crippen LogP contribution is 2.26. The monoisotopic (exact) mass is 491 g/mol. The van der Waals surface area contributed by atoms with Crippen LogP contribution in [0.3, 0.4) is 0 Å². The molecule has 1 aliphatic heterocycles. The highest BCUT2D eigenvalue weighted by molar-refractivity contribution is 7.92. The van der Waals surface area contributed by atoms with E-state index in [1.54, 1.807) is 47.5 Å². The van der Waals surface area contributed by atoms with Gasteiger partial charge >= 0.3 is 0 Å². The van der Waals surface area contributed by atoms with Crippen LogP contribution in [0.2, 0.25) is 0 Å². The van der Waals surface area contributed by atoms with Crippen LogP contribution in [-0.2, 0) is 10.0 Å². The van der Waals surface area contributed by atoms with Crippen molar-refractivity contribution >= 4 is 27.4 Å². The first-order chi connectivity index (χ1) is 16.9. The van der Waals surface area contributed by atoms with Gasteiger partial charge in [-0.05, 0) is 55.0 Å². The minimum absolute atomic E-state index is 0.0428. The van der Waals surface area contributed by atoms with Crippen molar-refractivity contribution in [1.29, 1.82) is 5.26 Å². The van der Waals surface area contributed by atoms with Crippen molar-refractivity contribution in [3.63, 3.8) is 0 Å². The summed E-state index contributed by atoms with van der Waals surface area (Å²) in [5.74, 6) is 0.863. The van der Waals surface area contributed by atoms with Gasteiger partial charge < -0.3 is 14.5 Å². The predicted molar refractivity (Wildman–Crippen MR) is 132 cm³/mol. The van der Waals surface area contributed by atoms with Gasteiger partial charge in [0.2, 0.25) is 0 Å². The van der Waals surface area contributed by atoms with E-state index in [0.29, 0.717) is 54.6 Å². The average Bonchev–Trinajstić information content (AvgIpc) is 3.15. The van der Waals surface area contributed by atoms with Crippen LogP contribution in [0.15, 0.2) is 71.8 Å². The topological polar surface area (TPSA) is 116 Å². The molecule has 180 valence electrons. The van der Waals surface area contributed by atoms with Crippen LogP contribution in [0, 0.1) is 11.3 Å². The van der Waals surface area contributed by atoms with E-state index in [0.717, 1.165) is 6.42 Å². The first-order valence-corrected chi connectivity index (χ1v) is 12.6. The second-order valence-electron chi connectivity index (χ2n) is 7.95. The number of aromatic nitrogens is 1. The summed E-state index contributed by atoms with van der Waals surface area (Å²) in [5, 5.41) is 9.36. The largest absolute Gasteiger partial charge is 0.495 e. The molecule has 0 aliphatic carbocycles. The first kappa shape index (κ1) is 24.0. The zero-order valence-corrected chi connectivity index (χ0v) is 20.0. The Labute approximate surface area is 204 Å². The molecule has 0 radical (unpaired) electrons. The molecule has 35 heavy (non-hydrogen) atoms. The molecule has 3 aromatic rings. The number of amides is 1. The quantitative estimate of drug-likeness (QED) is 0.563. The number of carbonyl (C=O) groups excluding carboxylic acids is 1. The van der Waals surface area contributed by atoms with Gasteiger partial charge in [-0.3, -0.25) is 9.52 Å². The predicted octanol–water partition coefficient (Wildman–Crippen LogP) is 3.12. The molecule has 1 aromatic heterocycles. The normalized spacial score (nSPS) is 14.1. The number of sulfonamides is 1. The van der Waals surface area contributed by atoms with Crippen LogP contribution in [0.4, 0.5) is 11.5 Å². The molecule has 0 atom stereocenters. The molecule has 1 saturated heterocycles. The Kier molecular flexibility index (Phi) is 7.17. The molecule has 0 unspecified atom stereocenters. The molecule has 2 heterocycles. The van der Waals surface area contributed by atoms with Gasteiger partial charge in [0, 0.05) is 37.9 Å². The minimum Gasteiger partial charge on any atom is -0.495 e. The number of benzene rings is 2. The van der Waals surface area contributed by atoms with Crippen LogP contribution < -0.4 is 14.4 Å². The van der Waals surface area contributed by atoms with E-state index < -0.39 is 10.0 Å². The number of ether oxygens (including phenoxy) is 1. The Hall–Kier alpha value is -4.10. The van der Waals surface area contributed by atoms with E-state index >= 15 is 0 Å².